The Morgan fingerprint density at radius 2 is 2.06 bits per heavy atom. The SMILES string of the molecule is CCn1c(SCc2cc(=O)oc3cc(NC(C)=O)ccc23)nc2sc3c(c2c1=O)CCCC3. The fraction of sp³-hybridized carbons (Fsp3) is 0.333. The monoisotopic (exact) mass is 481 g/mol. The third-order valence-corrected chi connectivity index (χ3v) is 8.07. The number of thioether (sulfide) groups is 1. The molecule has 5 rings (SSSR count). The summed E-state index contributed by atoms with van der Waals surface area (Å²) >= 11 is 3.09. The zero-order valence-corrected chi connectivity index (χ0v) is 20.0. The number of carbonyl (C=O) groups is 1. The number of thiophene rings is 1. The summed E-state index contributed by atoms with van der Waals surface area (Å²) in [6.07, 6.45) is 4.26. The first kappa shape index (κ1) is 21.9. The van der Waals surface area contributed by atoms with E-state index in [1.807, 2.05) is 13.0 Å². The van der Waals surface area contributed by atoms with Gasteiger partial charge in [0.25, 0.3) is 5.56 Å². The first-order chi connectivity index (χ1) is 15.9. The highest BCUT2D eigenvalue weighted by Gasteiger charge is 2.22. The third-order valence-electron chi connectivity index (χ3n) is 5.86. The van der Waals surface area contributed by atoms with Crippen LogP contribution in [0, 0.1) is 0 Å². The minimum atomic E-state index is -0.458. The smallest absolute Gasteiger partial charge is 0.336 e. The lowest BCUT2D eigenvalue weighted by Gasteiger charge is -2.12. The van der Waals surface area contributed by atoms with Gasteiger partial charge in [-0.05, 0) is 55.9 Å². The Morgan fingerprint density at radius 3 is 2.85 bits per heavy atom. The molecule has 3 aromatic heterocycles. The van der Waals surface area contributed by atoms with E-state index in [1.165, 1.54) is 35.2 Å². The van der Waals surface area contributed by atoms with E-state index in [0.29, 0.717) is 28.7 Å². The number of amides is 1. The highest BCUT2D eigenvalue weighted by molar-refractivity contribution is 7.98. The Labute approximate surface area is 197 Å². The number of hydrogen-bond acceptors (Lipinski definition) is 7. The summed E-state index contributed by atoms with van der Waals surface area (Å²) in [7, 11) is 0. The summed E-state index contributed by atoms with van der Waals surface area (Å²) in [5.41, 5.74) is 2.53. The van der Waals surface area contributed by atoms with E-state index in [4.69, 9.17) is 9.40 Å². The number of nitrogens with zero attached hydrogens (tertiary/aromatic N) is 2. The zero-order chi connectivity index (χ0) is 23.1. The number of nitrogens with one attached hydrogen (secondary N) is 1. The van der Waals surface area contributed by atoms with Crippen molar-refractivity contribution >= 4 is 55.9 Å². The van der Waals surface area contributed by atoms with Crippen molar-refractivity contribution in [1.82, 2.24) is 9.55 Å². The average Bonchev–Trinajstić information content (AvgIpc) is 3.15. The summed E-state index contributed by atoms with van der Waals surface area (Å²) in [5.74, 6) is 0.266. The van der Waals surface area contributed by atoms with Crippen LogP contribution in [0.4, 0.5) is 5.69 Å². The van der Waals surface area contributed by atoms with Crippen LogP contribution in [0.25, 0.3) is 21.2 Å². The molecule has 4 aromatic rings. The lowest BCUT2D eigenvalue weighted by atomic mass is 9.97. The van der Waals surface area contributed by atoms with Gasteiger partial charge >= 0.3 is 5.63 Å². The predicted octanol–water partition coefficient (Wildman–Crippen LogP) is 4.71. The minimum Gasteiger partial charge on any atom is -0.423 e. The standard InChI is InChI=1S/C24H23N3O4S2/c1-3-27-23(30)21-17-6-4-5-7-19(17)33-22(21)26-24(27)32-12-14-10-20(29)31-18-11-15(25-13(2)28)8-9-16(14)18/h8-11H,3-7,12H2,1-2H3,(H,25,28). The first-order valence-corrected chi connectivity index (χ1v) is 12.8. The quantitative estimate of drug-likeness (QED) is 0.252. The molecule has 0 fully saturated rings. The van der Waals surface area contributed by atoms with Crippen molar-refractivity contribution in [2.75, 3.05) is 5.32 Å². The summed E-state index contributed by atoms with van der Waals surface area (Å²) in [5, 5.41) is 4.93. The number of carbonyl (C=O) groups excluding carboxylic acids is 1. The largest absolute Gasteiger partial charge is 0.423 e. The highest BCUT2D eigenvalue weighted by Crippen LogP contribution is 2.35. The highest BCUT2D eigenvalue weighted by atomic mass is 32.2. The topological polar surface area (TPSA) is 94.2 Å². The van der Waals surface area contributed by atoms with Crippen molar-refractivity contribution in [3.63, 3.8) is 0 Å². The van der Waals surface area contributed by atoms with Gasteiger partial charge in [0.05, 0.1) is 5.39 Å². The fourth-order valence-electron chi connectivity index (χ4n) is 4.38. The third kappa shape index (κ3) is 4.11. The Morgan fingerprint density at radius 1 is 1.24 bits per heavy atom. The van der Waals surface area contributed by atoms with E-state index in [0.717, 1.165) is 46.8 Å². The van der Waals surface area contributed by atoms with Crippen LogP contribution in [0.2, 0.25) is 0 Å². The summed E-state index contributed by atoms with van der Waals surface area (Å²) in [6.45, 7) is 3.91. The minimum absolute atomic E-state index is 0.0294. The molecule has 0 aliphatic heterocycles. The van der Waals surface area contributed by atoms with Gasteiger partial charge in [0.1, 0.15) is 10.4 Å². The number of fused-ring (bicyclic) bond motifs is 4. The summed E-state index contributed by atoms with van der Waals surface area (Å²) < 4.78 is 7.09. The number of rotatable bonds is 5. The van der Waals surface area contributed by atoms with E-state index in [-0.39, 0.29) is 11.5 Å². The molecular weight excluding hydrogens is 458 g/mol. The predicted molar refractivity (Wildman–Crippen MR) is 133 cm³/mol. The van der Waals surface area contributed by atoms with Gasteiger partial charge in [-0.1, -0.05) is 11.8 Å². The van der Waals surface area contributed by atoms with Crippen LogP contribution in [0.3, 0.4) is 0 Å². The van der Waals surface area contributed by atoms with Gasteiger partial charge < -0.3 is 9.73 Å². The van der Waals surface area contributed by atoms with E-state index in [2.05, 4.69) is 5.32 Å². The Kier molecular flexibility index (Phi) is 5.84. The fourth-order valence-corrected chi connectivity index (χ4v) is 6.74. The van der Waals surface area contributed by atoms with Gasteiger partial charge in [-0.3, -0.25) is 14.2 Å². The molecule has 0 unspecified atom stereocenters. The average molecular weight is 482 g/mol. The molecule has 3 heterocycles. The molecule has 7 nitrogen and oxygen atoms in total. The van der Waals surface area contributed by atoms with E-state index in [1.54, 1.807) is 28.0 Å². The van der Waals surface area contributed by atoms with Crippen LogP contribution >= 0.6 is 23.1 Å². The summed E-state index contributed by atoms with van der Waals surface area (Å²) in [4.78, 5) is 43.8. The molecule has 9 heteroatoms. The van der Waals surface area contributed by atoms with Crippen LogP contribution in [0.5, 0.6) is 0 Å². The molecular formula is C24H23N3O4S2. The lowest BCUT2D eigenvalue weighted by molar-refractivity contribution is -0.114. The molecule has 0 spiro atoms. The Bertz CT molecular complexity index is 1520. The molecule has 170 valence electrons. The number of hydrogen-bond donors (Lipinski definition) is 1. The second kappa shape index (κ2) is 8.79. The molecule has 0 saturated heterocycles. The summed E-state index contributed by atoms with van der Waals surface area (Å²) in [6, 6.07) is 6.73. The molecule has 1 amide bonds. The van der Waals surface area contributed by atoms with Gasteiger partial charge in [0.15, 0.2) is 5.16 Å². The van der Waals surface area contributed by atoms with Crippen LogP contribution in [-0.2, 0) is 29.9 Å². The van der Waals surface area contributed by atoms with Crippen molar-refractivity contribution in [2.24, 2.45) is 0 Å². The molecule has 0 saturated carbocycles. The van der Waals surface area contributed by atoms with Crippen LogP contribution < -0.4 is 16.5 Å². The molecule has 1 aliphatic rings. The van der Waals surface area contributed by atoms with Crippen LogP contribution in [-0.4, -0.2) is 15.5 Å². The second-order valence-corrected chi connectivity index (χ2v) is 10.1. The van der Waals surface area contributed by atoms with Crippen LogP contribution in [0.15, 0.2) is 43.4 Å². The molecule has 1 aromatic carbocycles. The Balaban J connectivity index is 1.52. The van der Waals surface area contributed by atoms with Gasteiger partial charge in [0.2, 0.25) is 5.91 Å². The van der Waals surface area contributed by atoms with Gasteiger partial charge in [-0.15, -0.1) is 11.3 Å². The molecule has 33 heavy (non-hydrogen) atoms. The van der Waals surface area contributed by atoms with Gasteiger partial charge in [0, 0.05) is 47.3 Å². The maximum absolute atomic E-state index is 13.3. The van der Waals surface area contributed by atoms with E-state index in [9.17, 15) is 14.4 Å². The maximum Gasteiger partial charge on any atom is 0.336 e. The van der Waals surface area contributed by atoms with Gasteiger partial charge in [-0.25, -0.2) is 9.78 Å². The zero-order valence-electron chi connectivity index (χ0n) is 18.4. The van der Waals surface area contributed by atoms with Crippen molar-refractivity contribution in [3.8, 4) is 0 Å². The molecule has 1 aliphatic carbocycles. The number of aryl methyl sites for hydroxylation is 2. The van der Waals surface area contributed by atoms with Crippen molar-refractivity contribution in [3.05, 3.63) is 61.0 Å². The Hall–Kier alpha value is -2.91. The number of anilines is 1. The van der Waals surface area contributed by atoms with E-state index >= 15 is 0 Å². The number of benzene rings is 1. The van der Waals surface area contributed by atoms with E-state index < -0.39 is 5.63 Å². The lowest BCUT2D eigenvalue weighted by Crippen LogP contribution is -2.23. The first-order valence-electron chi connectivity index (χ1n) is 11.0. The molecule has 0 bridgehead atoms. The second-order valence-electron chi connectivity index (χ2n) is 8.11. The van der Waals surface area contributed by atoms with Crippen molar-refractivity contribution in [2.45, 2.75) is 57.0 Å². The molecule has 1 N–H and O–H groups in total. The van der Waals surface area contributed by atoms with Crippen molar-refractivity contribution in [1.29, 1.82) is 0 Å². The van der Waals surface area contributed by atoms with Crippen molar-refractivity contribution < 1.29 is 9.21 Å². The van der Waals surface area contributed by atoms with Crippen LogP contribution in [0.1, 0.15) is 42.7 Å². The number of aromatic nitrogens is 2. The maximum atomic E-state index is 13.3. The molecule has 0 radical (unpaired) electrons. The normalized spacial score (nSPS) is 13.4. The van der Waals surface area contributed by atoms with Gasteiger partial charge in [-0.2, -0.15) is 0 Å². The molecule has 0 atom stereocenters.